The fourth-order valence-corrected chi connectivity index (χ4v) is 4.98. The zero-order valence-electron chi connectivity index (χ0n) is 16.4. The number of fused-ring (bicyclic) bond motifs is 1. The van der Waals surface area contributed by atoms with E-state index in [0.717, 1.165) is 35.4 Å². The number of carbonyl (C=O) groups excluding carboxylic acids is 1. The van der Waals surface area contributed by atoms with Crippen LogP contribution in [0.2, 0.25) is 0 Å². The van der Waals surface area contributed by atoms with Crippen LogP contribution < -0.4 is 20.1 Å². The Labute approximate surface area is 174 Å². The highest BCUT2D eigenvalue weighted by molar-refractivity contribution is 7.80. The van der Waals surface area contributed by atoms with Gasteiger partial charge in [0.05, 0.1) is 32.9 Å². The molecule has 3 rings (SSSR count). The maximum atomic E-state index is 12.3. The lowest BCUT2D eigenvalue weighted by molar-refractivity contribution is 0.0601. The number of benzene rings is 1. The summed E-state index contributed by atoms with van der Waals surface area (Å²) < 4.78 is 15.6. The largest absolute Gasteiger partial charge is 0.493 e. The van der Waals surface area contributed by atoms with Gasteiger partial charge in [-0.1, -0.05) is 6.07 Å². The average Bonchev–Trinajstić information content (AvgIpc) is 3.27. The molecule has 0 bridgehead atoms. The molecular weight excluding hydrogens is 396 g/mol. The number of ether oxygens (including phenoxy) is 3. The summed E-state index contributed by atoms with van der Waals surface area (Å²) in [5.41, 5.74) is 2.71. The van der Waals surface area contributed by atoms with Gasteiger partial charge in [0, 0.05) is 4.88 Å². The lowest BCUT2D eigenvalue weighted by Crippen LogP contribution is -2.31. The summed E-state index contributed by atoms with van der Waals surface area (Å²) in [4.78, 5) is 13.5. The monoisotopic (exact) mass is 420 g/mol. The zero-order valence-corrected chi connectivity index (χ0v) is 18.0. The van der Waals surface area contributed by atoms with Crippen LogP contribution in [0.15, 0.2) is 18.2 Å². The van der Waals surface area contributed by atoms with Crippen LogP contribution in [0, 0.1) is 0 Å². The number of anilines is 1. The Hall–Kier alpha value is -2.32. The lowest BCUT2D eigenvalue weighted by Gasteiger charge is -2.19. The van der Waals surface area contributed by atoms with Crippen LogP contribution in [0.25, 0.3) is 0 Å². The van der Waals surface area contributed by atoms with Crippen LogP contribution >= 0.6 is 23.6 Å². The maximum absolute atomic E-state index is 12.3. The number of thiocarbonyl (C=S) groups is 1. The number of aryl methyl sites for hydroxylation is 1. The first kappa shape index (κ1) is 20.4. The van der Waals surface area contributed by atoms with Crippen molar-refractivity contribution in [2.24, 2.45) is 0 Å². The SMILES string of the molecule is COC(=O)c1c(NC(=S)NC(C)c2ccc(OC)c(OC)c2)sc2c1CCC2. The van der Waals surface area contributed by atoms with E-state index in [2.05, 4.69) is 10.6 Å². The first-order valence-electron chi connectivity index (χ1n) is 9.00. The van der Waals surface area contributed by atoms with E-state index in [0.29, 0.717) is 22.2 Å². The molecule has 2 N–H and O–H groups in total. The molecule has 0 amide bonds. The van der Waals surface area contributed by atoms with Gasteiger partial charge in [-0.25, -0.2) is 4.79 Å². The van der Waals surface area contributed by atoms with Crippen LogP contribution in [0.4, 0.5) is 5.00 Å². The van der Waals surface area contributed by atoms with Crippen molar-refractivity contribution in [3.05, 3.63) is 39.8 Å². The van der Waals surface area contributed by atoms with Gasteiger partial charge in [0.15, 0.2) is 16.6 Å². The second-order valence-corrected chi connectivity index (χ2v) is 8.00. The van der Waals surface area contributed by atoms with Gasteiger partial charge in [-0.15, -0.1) is 11.3 Å². The predicted octanol–water partition coefficient (Wildman–Crippen LogP) is 4.09. The highest BCUT2D eigenvalue weighted by Gasteiger charge is 2.27. The molecule has 0 radical (unpaired) electrons. The molecule has 1 heterocycles. The standard InChI is InChI=1S/C20H24N2O4S2/c1-11(12-8-9-14(24-2)15(10-12)25-3)21-20(27)22-18-17(19(23)26-4)13-6-5-7-16(13)28-18/h8-11H,5-7H2,1-4H3,(H2,21,22,27). The van der Waals surface area contributed by atoms with Crippen molar-refractivity contribution in [3.8, 4) is 11.5 Å². The Kier molecular flexibility index (Phi) is 6.41. The van der Waals surface area contributed by atoms with Gasteiger partial charge in [-0.3, -0.25) is 0 Å². The van der Waals surface area contributed by atoms with E-state index < -0.39 is 0 Å². The molecule has 0 saturated heterocycles. The summed E-state index contributed by atoms with van der Waals surface area (Å²) >= 11 is 7.07. The third-order valence-electron chi connectivity index (χ3n) is 4.79. The van der Waals surface area contributed by atoms with Gasteiger partial charge in [0.2, 0.25) is 0 Å². The number of nitrogens with one attached hydrogen (secondary N) is 2. The van der Waals surface area contributed by atoms with Crippen LogP contribution in [0.1, 0.15) is 45.7 Å². The number of methoxy groups -OCH3 is 3. The average molecular weight is 421 g/mol. The summed E-state index contributed by atoms with van der Waals surface area (Å²) in [6.07, 6.45) is 2.97. The molecule has 1 aliphatic carbocycles. The van der Waals surface area contributed by atoms with E-state index in [1.165, 1.54) is 12.0 Å². The van der Waals surface area contributed by atoms with E-state index in [9.17, 15) is 4.79 Å². The summed E-state index contributed by atoms with van der Waals surface area (Å²) in [6.45, 7) is 2.00. The van der Waals surface area contributed by atoms with Gasteiger partial charge >= 0.3 is 5.97 Å². The van der Waals surface area contributed by atoms with Gasteiger partial charge in [0.25, 0.3) is 0 Å². The van der Waals surface area contributed by atoms with Gasteiger partial charge in [-0.05, 0) is 61.7 Å². The highest BCUT2D eigenvalue weighted by atomic mass is 32.1. The smallest absolute Gasteiger partial charge is 0.341 e. The number of rotatable bonds is 6. The van der Waals surface area contributed by atoms with E-state index >= 15 is 0 Å². The molecule has 8 heteroatoms. The zero-order chi connectivity index (χ0) is 20.3. The molecule has 0 fully saturated rings. The van der Waals surface area contributed by atoms with Gasteiger partial charge in [-0.2, -0.15) is 0 Å². The van der Waals surface area contributed by atoms with Crippen LogP contribution in [0.3, 0.4) is 0 Å². The fourth-order valence-electron chi connectivity index (χ4n) is 3.35. The van der Waals surface area contributed by atoms with E-state index in [1.807, 2.05) is 25.1 Å². The molecule has 1 aromatic heterocycles. The number of carbonyl (C=O) groups is 1. The molecular formula is C20H24N2O4S2. The number of hydrogen-bond donors (Lipinski definition) is 2. The molecule has 6 nitrogen and oxygen atoms in total. The Bertz CT molecular complexity index is 895. The van der Waals surface area contributed by atoms with E-state index in [4.69, 9.17) is 26.4 Å². The van der Waals surface area contributed by atoms with Crippen molar-refractivity contribution in [3.63, 3.8) is 0 Å². The highest BCUT2D eigenvalue weighted by Crippen LogP contribution is 2.39. The second kappa shape index (κ2) is 8.79. The molecule has 0 aliphatic heterocycles. The Morgan fingerprint density at radius 2 is 1.93 bits per heavy atom. The van der Waals surface area contributed by atoms with Crippen LogP contribution in [-0.2, 0) is 17.6 Å². The first-order valence-corrected chi connectivity index (χ1v) is 10.2. The Morgan fingerprint density at radius 1 is 1.18 bits per heavy atom. The van der Waals surface area contributed by atoms with Crippen molar-refractivity contribution in [1.82, 2.24) is 5.32 Å². The predicted molar refractivity (Wildman–Crippen MR) is 115 cm³/mol. The van der Waals surface area contributed by atoms with Gasteiger partial charge in [0.1, 0.15) is 5.00 Å². The van der Waals surface area contributed by atoms with E-state index in [-0.39, 0.29) is 12.0 Å². The minimum Gasteiger partial charge on any atom is -0.493 e. The lowest BCUT2D eigenvalue weighted by atomic mass is 10.1. The molecule has 1 atom stereocenters. The molecule has 150 valence electrons. The summed E-state index contributed by atoms with van der Waals surface area (Å²) in [6, 6.07) is 5.68. The third kappa shape index (κ3) is 4.07. The maximum Gasteiger partial charge on any atom is 0.341 e. The molecule has 1 aromatic carbocycles. The minimum atomic E-state index is -0.322. The van der Waals surface area contributed by atoms with Crippen LogP contribution in [-0.4, -0.2) is 32.4 Å². The van der Waals surface area contributed by atoms with Crippen molar-refractivity contribution >= 4 is 39.6 Å². The van der Waals surface area contributed by atoms with Crippen molar-refractivity contribution < 1.29 is 19.0 Å². The summed E-state index contributed by atoms with van der Waals surface area (Å²) in [7, 11) is 4.62. The van der Waals surface area contributed by atoms with Crippen LogP contribution in [0.5, 0.6) is 11.5 Å². The van der Waals surface area contributed by atoms with Crippen molar-refractivity contribution in [1.29, 1.82) is 0 Å². The number of esters is 1. The quantitative estimate of drug-likeness (QED) is 0.539. The minimum absolute atomic E-state index is 0.0619. The van der Waals surface area contributed by atoms with E-state index in [1.54, 1.807) is 25.6 Å². The molecule has 28 heavy (non-hydrogen) atoms. The topological polar surface area (TPSA) is 68.8 Å². The van der Waals surface area contributed by atoms with Gasteiger partial charge < -0.3 is 24.8 Å². The first-order chi connectivity index (χ1) is 13.5. The molecule has 0 spiro atoms. The molecule has 1 aliphatic rings. The number of hydrogen-bond acceptors (Lipinski definition) is 6. The summed E-state index contributed by atoms with van der Waals surface area (Å²) in [5, 5.41) is 7.65. The summed E-state index contributed by atoms with van der Waals surface area (Å²) in [5.74, 6) is 1.02. The Morgan fingerprint density at radius 3 is 2.61 bits per heavy atom. The van der Waals surface area contributed by atoms with Crippen molar-refractivity contribution in [2.45, 2.75) is 32.2 Å². The molecule has 2 aromatic rings. The molecule has 0 saturated carbocycles. The third-order valence-corrected chi connectivity index (χ3v) is 6.22. The Balaban J connectivity index is 1.73. The second-order valence-electron chi connectivity index (χ2n) is 6.49. The molecule has 1 unspecified atom stereocenters. The fraction of sp³-hybridized carbons (Fsp3) is 0.400. The van der Waals surface area contributed by atoms with Crippen molar-refractivity contribution in [2.75, 3.05) is 26.6 Å². The normalized spacial score (nSPS) is 13.4. The number of thiophene rings is 1.